The molecule has 0 aliphatic heterocycles. The van der Waals surface area contributed by atoms with Gasteiger partial charge in [0.05, 0.1) is 0 Å². The minimum Gasteiger partial charge on any atom is -0.382 e. The first kappa shape index (κ1) is 11.7. The second-order valence-electron chi connectivity index (χ2n) is 3.31. The predicted octanol–water partition coefficient (Wildman–Crippen LogP) is 2.31. The largest absolute Gasteiger partial charge is 0.382 e. The van der Waals surface area contributed by atoms with Crippen LogP contribution in [0.1, 0.15) is 18.9 Å². The van der Waals surface area contributed by atoms with Crippen LogP contribution in [0.3, 0.4) is 0 Å². The van der Waals surface area contributed by atoms with Crippen LogP contribution in [0, 0.1) is 0 Å². The van der Waals surface area contributed by atoms with Gasteiger partial charge in [0.2, 0.25) is 0 Å². The molecular weight excluding hydrogens is 194 g/mol. The molecular formula is C11H19NOS. The van der Waals surface area contributed by atoms with Crippen LogP contribution in [0.25, 0.3) is 0 Å². The Bertz CT molecular complexity index is 223. The van der Waals surface area contributed by atoms with Crippen molar-refractivity contribution in [3.63, 3.8) is 0 Å². The maximum Gasteiger partial charge on any atom is 0.0480 e. The van der Waals surface area contributed by atoms with E-state index in [1.54, 1.807) is 11.3 Å². The van der Waals surface area contributed by atoms with E-state index in [1.165, 1.54) is 5.56 Å². The third-order valence-electron chi connectivity index (χ3n) is 2.29. The van der Waals surface area contributed by atoms with Crippen molar-refractivity contribution in [2.45, 2.75) is 25.8 Å². The van der Waals surface area contributed by atoms with E-state index >= 15 is 0 Å². The highest BCUT2D eigenvalue weighted by Crippen LogP contribution is 2.10. The summed E-state index contributed by atoms with van der Waals surface area (Å²) in [5.41, 5.74) is 1.42. The summed E-state index contributed by atoms with van der Waals surface area (Å²) in [6.07, 6.45) is 2.19. The van der Waals surface area contributed by atoms with Gasteiger partial charge in [-0.2, -0.15) is 11.3 Å². The van der Waals surface area contributed by atoms with Crippen LogP contribution >= 0.6 is 11.3 Å². The fourth-order valence-electron chi connectivity index (χ4n) is 1.41. The Balaban J connectivity index is 2.24. The molecule has 0 saturated carbocycles. The highest BCUT2D eigenvalue weighted by molar-refractivity contribution is 7.07. The number of nitrogens with one attached hydrogen (secondary N) is 1. The minimum atomic E-state index is 0.538. The summed E-state index contributed by atoms with van der Waals surface area (Å²) in [6.45, 7) is 3.70. The second kappa shape index (κ2) is 6.98. The lowest BCUT2D eigenvalue weighted by atomic mass is 10.1. The lowest BCUT2D eigenvalue weighted by Crippen LogP contribution is -2.28. The van der Waals surface area contributed by atoms with Crippen molar-refractivity contribution < 1.29 is 4.74 Å². The standard InChI is InChI=1S/C11H19NOS/c1-3-13-6-4-11(12-2)8-10-5-7-14-9-10/h5,7,9,11-12H,3-4,6,8H2,1-2H3. The molecule has 0 fully saturated rings. The van der Waals surface area contributed by atoms with Gasteiger partial charge in [-0.05, 0) is 49.2 Å². The van der Waals surface area contributed by atoms with Crippen molar-refractivity contribution in [1.29, 1.82) is 0 Å². The van der Waals surface area contributed by atoms with Gasteiger partial charge in [0.15, 0.2) is 0 Å². The van der Waals surface area contributed by atoms with Crippen LogP contribution in [0.15, 0.2) is 16.8 Å². The Morgan fingerprint density at radius 2 is 2.43 bits per heavy atom. The molecule has 0 amide bonds. The van der Waals surface area contributed by atoms with E-state index in [2.05, 4.69) is 22.1 Å². The van der Waals surface area contributed by atoms with E-state index in [0.29, 0.717) is 6.04 Å². The smallest absolute Gasteiger partial charge is 0.0480 e. The first-order chi connectivity index (χ1) is 6.86. The molecule has 0 aromatic carbocycles. The Morgan fingerprint density at radius 3 is 3.00 bits per heavy atom. The third kappa shape index (κ3) is 4.22. The molecule has 1 unspecified atom stereocenters. The maximum absolute atomic E-state index is 5.35. The molecule has 0 spiro atoms. The Morgan fingerprint density at radius 1 is 1.57 bits per heavy atom. The lowest BCUT2D eigenvalue weighted by Gasteiger charge is -2.14. The molecule has 0 bridgehead atoms. The van der Waals surface area contributed by atoms with E-state index in [1.807, 2.05) is 14.0 Å². The summed E-state index contributed by atoms with van der Waals surface area (Å²) < 4.78 is 5.35. The highest BCUT2D eigenvalue weighted by Gasteiger charge is 2.06. The van der Waals surface area contributed by atoms with Gasteiger partial charge in [-0.15, -0.1) is 0 Å². The molecule has 3 heteroatoms. The average molecular weight is 213 g/mol. The van der Waals surface area contributed by atoms with Crippen molar-refractivity contribution in [3.05, 3.63) is 22.4 Å². The van der Waals surface area contributed by atoms with Gasteiger partial charge in [0.25, 0.3) is 0 Å². The first-order valence-corrected chi connectivity index (χ1v) is 6.07. The fourth-order valence-corrected chi connectivity index (χ4v) is 2.09. The average Bonchev–Trinajstić information content (AvgIpc) is 2.69. The summed E-state index contributed by atoms with van der Waals surface area (Å²) in [6, 6.07) is 2.73. The first-order valence-electron chi connectivity index (χ1n) is 5.13. The highest BCUT2D eigenvalue weighted by atomic mass is 32.1. The third-order valence-corrected chi connectivity index (χ3v) is 3.02. The topological polar surface area (TPSA) is 21.3 Å². The number of hydrogen-bond donors (Lipinski definition) is 1. The van der Waals surface area contributed by atoms with Crippen molar-refractivity contribution in [2.24, 2.45) is 0 Å². The van der Waals surface area contributed by atoms with Crippen LogP contribution in [-0.4, -0.2) is 26.3 Å². The number of rotatable bonds is 7. The minimum absolute atomic E-state index is 0.538. The van der Waals surface area contributed by atoms with Crippen LogP contribution in [0.5, 0.6) is 0 Å². The Kier molecular flexibility index (Phi) is 5.83. The van der Waals surface area contributed by atoms with E-state index < -0.39 is 0 Å². The van der Waals surface area contributed by atoms with Gasteiger partial charge >= 0.3 is 0 Å². The van der Waals surface area contributed by atoms with Gasteiger partial charge in [0, 0.05) is 19.3 Å². The summed E-state index contributed by atoms with van der Waals surface area (Å²) in [5, 5.41) is 7.67. The summed E-state index contributed by atoms with van der Waals surface area (Å²) in [5.74, 6) is 0. The number of ether oxygens (including phenoxy) is 1. The monoisotopic (exact) mass is 213 g/mol. The van der Waals surface area contributed by atoms with Gasteiger partial charge in [0.1, 0.15) is 0 Å². The molecule has 1 aromatic rings. The normalized spacial score (nSPS) is 13.0. The fraction of sp³-hybridized carbons (Fsp3) is 0.636. The molecule has 0 aliphatic rings. The van der Waals surface area contributed by atoms with Crippen molar-refractivity contribution in [1.82, 2.24) is 5.32 Å². The number of thiophene rings is 1. The van der Waals surface area contributed by atoms with Gasteiger partial charge in [-0.1, -0.05) is 0 Å². The van der Waals surface area contributed by atoms with Crippen LogP contribution in [-0.2, 0) is 11.2 Å². The quantitative estimate of drug-likeness (QED) is 0.702. The van der Waals surface area contributed by atoms with E-state index in [9.17, 15) is 0 Å². The molecule has 0 saturated heterocycles. The van der Waals surface area contributed by atoms with Crippen LogP contribution < -0.4 is 5.32 Å². The molecule has 1 aromatic heterocycles. The van der Waals surface area contributed by atoms with E-state index in [4.69, 9.17) is 4.74 Å². The summed E-state index contributed by atoms with van der Waals surface area (Å²) in [7, 11) is 2.02. The summed E-state index contributed by atoms with van der Waals surface area (Å²) >= 11 is 1.76. The Labute approximate surface area is 90.3 Å². The molecule has 80 valence electrons. The van der Waals surface area contributed by atoms with Gasteiger partial charge < -0.3 is 10.1 Å². The SMILES string of the molecule is CCOCCC(Cc1ccsc1)NC. The van der Waals surface area contributed by atoms with E-state index in [0.717, 1.165) is 26.1 Å². The van der Waals surface area contributed by atoms with E-state index in [-0.39, 0.29) is 0 Å². The molecule has 1 atom stereocenters. The molecule has 0 aliphatic carbocycles. The molecule has 14 heavy (non-hydrogen) atoms. The zero-order valence-electron chi connectivity index (χ0n) is 8.95. The van der Waals surface area contributed by atoms with Crippen LogP contribution in [0.4, 0.5) is 0 Å². The Hall–Kier alpha value is -0.380. The zero-order chi connectivity index (χ0) is 10.2. The second-order valence-corrected chi connectivity index (χ2v) is 4.09. The van der Waals surface area contributed by atoms with Gasteiger partial charge in [-0.25, -0.2) is 0 Å². The van der Waals surface area contributed by atoms with Crippen molar-refractivity contribution >= 4 is 11.3 Å². The van der Waals surface area contributed by atoms with Crippen molar-refractivity contribution in [2.75, 3.05) is 20.3 Å². The molecule has 1 rings (SSSR count). The molecule has 0 radical (unpaired) electrons. The lowest BCUT2D eigenvalue weighted by molar-refractivity contribution is 0.137. The maximum atomic E-state index is 5.35. The molecule has 1 heterocycles. The van der Waals surface area contributed by atoms with Crippen molar-refractivity contribution in [3.8, 4) is 0 Å². The predicted molar refractivity (Wildman–Crippen MR) is 62.0 cm³/mol. The van der Waals surface area contributed by atoms with Gasteiger partial charge in [-0.3, -0.25) is 0 Å². The number of likely N-dealkylation sites (N-methyl/N-ethyl adjacent to an activating group) is 1. The molecule has 2 nitrogen and oxygen atoms in total. The summed E-state index contributed by atoms with van der Waals surface area (Å²) in [4.78, 5) is 0. The zero-order valence-corrected chi connectivity index (χ0v) is 9.77. The molecule has 1 N–H and O–H groups in total. The number of hydrogen-bond acceptors (Lipinski definition) is 3. The van der Waals surface area contributed by atoms with Crippen LogP contribution in [0.2, 0.25) is 0 Å².